The Hall–Kier alpha value is -5.77. The third-order valence-corrected chi connectivity index (χ3v) is 8.61. The van der Waals surface area contributed by atoms with Crippen LogP contribution in [0.4, 0.5) is 27.9 Å². The summed E-state index contributed by atoms with van der Waals surface area (Å²) in [4.78, 5) is 27.3. The van der Waals surface area contributed by atoms with E-state index in [1.165, 1.54) is 6.42 Å². The summed E-state index contributed by atoms with van der Waals surface area (Å²) >= 11 is 0. The molecule has 10 nitrogen and oxygen atoms in total. The van der Waals surface area contributed by atoms with Crippen LogP contribution in [0, 0.1) is 6.92 Å². The topological polar surface area (TPSA) is 119 Å². The SMILES string of the molecule is Cc1ccc(-n2nc(C(C)(C)C)cc2NC(=O)Nc2ccc(OCc3ccnc(Nc4cnc5c(n4)CCCC5)c3)c3ccccc23)cc1. The molecule has 3 aromatic heterocycles. The Kier molecular flexibility index (Phi) is 8.69. The lowest BCUT2D eigenvalue weighted by Crippen LogP contribution is -2.21. The summed E-state index contributed by atoms with van der Waals surface area (Å²) in [5, 5.41) is 16.0. The monoisotopic (exact) mass is 652 g/mol. The van der Waals surface area contributed by atoms with Crippen molar-refractivity contribution in [1.29, 1.82) is 0 Å². The van der Waals surface area contributed by atoms with Gasteiger partial charge in [0.1, 0.15) is 29.8 Å². The molecule has 7 rings (SSSR count). The molecule has 0 saturated heterocycles. The molecule has 10 heteroatoms. The number of aromatic nitrogens is 5. The zero-order valence-corrected chi connectivity index (χ0v) is 28.2. The number of amides is 2. The van der Waals surface area contributed by atoms with Crippen LogP contribution in [0.25, 0.3) is 16.5 Å². The van der Waals surface area contributed by atoms with E-state index in [0.29, 0.717) is 35.5 Å². The highest BCUT2D eigenvalue weighted by Gasteiger charge is 2.22. The highest BCUT2D eigenvalue weighted by molar-refractivity contribution is 6.07. The molecule has 2 amide bonds. The predicted octanol–water partition coefficient (Wildman–Crippen LogP) is 8.66. The van der Waals surface area contributed by atoms with E-state index in [0.717, 1.165) is 63.9 Å². The van der Waals surface area contributed by atoms with Crippen LogP contribution in [-0.4, -0.2) is 30.8 Å². The van der Waals surface area contributed by atoms with Crippen LogP contribution in [0.1, 0.15) is 61.8 Å². The predicted molar refractivity (Wildman–Crippen MR) is 194 cm³/mol. The molecular weight excluding hydrogens is 612 g/mol. The van der Waals surface area contributed by atoms with Gasteiger partial charge in [-0.25, -0.2) is 19.4 Å². The van der Waals surface area contributed by atoms with E-state index in [9.17, 15) is 4.79 Å². The summed E-state index contributed by atoms with van der Waals surface area (Å²) in [6.45, 7) is 8.68. The van der Waals surface area contributed by atoms with Gasteiger partial charge in [-0.3, -0.25) is 10.3 Å². The van der Waals surface area contributed by atoms with Gasteiger partial charge in [-0.15, -0.1) is 0 Å². The van der Waals surface area contributed by atoms with Gasteiger partial charge in [-0.05, 0) is 74.6 Å². The molecule has 49 heavy (non-hydrogen) atoms. The largest absolute Gasteiger partial charge is 0.488 e. The number of urea groups is 1. The van der Waals surface area contributed by atoms with Gasteiger partial charge in [0, 0.05) is 28.5 Å². The van der Waals surface area contributed by atoms with Crippen molar-refractivity contribution < 1.29 is 9.53 Å². The maximum atomic E-state index is 13.4. The van der Waals surface area contributed by atoms with Gasteiger partial charge < -0.3 is 15.4 Å². The maximum absolute atomic E-state index is 13.4. The molecule has 0 radical (unpaired) electrons. The smallest absolute Gasteiger partial charge is 0.324 e. The Morgan fingerprint density at radius 3 is 2.43 bits per heavy atom. The lowest BCUT2D eigenvalue weighted by Gasteiger charge is -2.15. The fourth-order valence-electron chi connectivity index (χ4n) is 5.93. The van der Waals surface area contributed by atoms with E-state index in [4.69, 9.17) is 14.8 Å². The highest BCUT2D eigenvalue weighted by Crippen LogP contribution is 2.33. The quantitative estimate of drug-likeness (QED) is 0.151. The number of nitrogens with zero attached hydrogens (tertiary/aromatic N) is 5. The van der Waals surface area contributed by atoms with Crippen LogP contribution >= 0.6 is 0 Å². The molecule has 6 aromatic rings. The number of aryl methyl sites for hydroxylation is 3. The first-order valence-corrected chi connectivity index (χ1v) is 16.7. The number of hydrogen-bond acceptors (Lipinski definition) is 7. The zero-order chi connectivity index (χ0) is 34.0. The molecule has 3 N–H and O–H groups in total. The summed E-state index contributed by atoms with van der Waals surface area (Å²) in [6.07, 6.45) is 7.80. The Morgan fingerprint density at radius 1 is 0.857 bits per heavy atom. The Labute approximate surface area is 286 Å². The molecule has 1 aliphatic rings. The molecule has 0 aliphatic heterocycles. The summed E-state index contributed by atoms with van der Waals surface area (Å²) in [6, 6.07) is 25.1. The standard InChI is InChI=1S/C39H40N8O2/c1-25-13-15-27(16-14-25)47-37(22-34(46-47)39(2,3)4)45-38(48)43-30-17-18-33(29-10-6-5-9-28(29)30)49-24-26-19-20-40-35(21-26)44-36-23-41-31-11-7-8-12-32(31)42-36/h5-6,9-10,13-23H,7-8,11-12,24H2,1-4H3,(H,40,42,44)(H2,43,45,48). The molecule has 0 fully saturated rings. The van der Waals surface area contributed by atoms with Gasteiger partial charge in [0.25, 0.3) is 0 Å². The van der Waals surface area contributed by atoms with Crippen LogP contribution in [0.15, 0.2) is 91.3 Å². The van der Waals surface area contributed by atoms with E-state index in [-0.39, 0.29) is 11.4 Å². The average molecular weight is 653 g/mol. The van der Waals surface area contributed by atoms with Crippen molar-refractivity contribution in [3.05, 3.63) is 119 Å². The van der Waals surface area contributed by atoms with Gasteiger partial charge in [0.15, 0.2) is 0 Å². The Balaban J connectivity index is 1.06. The van der Waals surface area contributed by atoms with Crippen LogP contribution in [0.5, 0.6) is 5.75 Å². The molecular formula is C39H40N8O2. The second-order valence-corrected chi connectivity index (χ2v) is 13.5. The zero-order valence-electron chi connectivity index (χ0n) is 28.2. The molecule has 3 aromatic carbocycles. The van der Waals surface area contributed by atoms with Gasteiger partial charge in [0.05, 0.1) is 34.7 Å². The third-order valence-electron chi connectivity index (χ3n) is 8.61. The van der Waals surface area contributed by atoms with Crippen LogP contribution in [0.2, 0.25) is 0 Å². The number of hydrogen-bond donors (Lipinski definition) is 3. The number of fused-ring (bicyclic) bond motifs is 2. The van der Waals surface area contributed by atoms with E-state index in [1.807, 2.05) is 85.8 Å². The van der Waals surface area contributed by atoms with Gasteiger partial charge in [-0.1, -0.05) is 62.7 Å². The van der Waals surface area contributed by atoms with Crippen molar-refractivity contribution in [2.75, 3.05) is 16.0 Å². The van der Waals surface area contributed by atoms with Crippen molar-refractivity contribution in [1.82, 2.24) is 24.7 Å². The van der Waals surface area contributed by atoms with Gasteiger partial charge in [-0.2, -0.15) is 5.10 Å². The van der Waals surface area contributed by atoms with Crippen molar-refractivity contribution in [3.8, 4) is 11.4 Å². The van der Waals surface area contributed by atoms with Crippen LogP contribution < -0.4 is 20.7 Å². The Bertz CT molecular complexity index is 2130. The first kappa shape index (κ1) is 31.8. The van der Waals surface area contributed by atoms with Crippen molar-refractivity contribution in [2.45, 2.75) is 65.4 Å². The molecule has 0 atom stereocenters. The van der Waals surface area contributed by atoms with Crippen molar-refractivity contribution in [2.24, 2.45) is 0 Å². The number of benzene rings is 3. The second kappa shape index (κ2) is 13.4. The lowest BCUT2D eigenvalue weighted by atomic mass is 9.92. The number of nitrogens with one attached hydrogen (secondary N) is 3. The summed E-state index contributed by atoms with van der Waals surface area (Å²) in [5.74, 6) is 2.67. The first-order valence-electron chi connectivity index (χ1n) is 16.7. The lowest BCUT2D eigenvalue weighted by molar-refractivity contribution is 0.262. The van der Waals surface area contributed by atoms with Crippen molar-refractivity contribution in [3.63, 3.8) is 0 Å². The van der Waals surface area contributed by atoms with Crippen LogP contribution in [-0.2, 0) is 24.9 Å². The number of carbonyl (C=O) groups excluding carboxylic acids is 1. The van der Waals surface area contributed by atoms with Gasteiger partial charge >= 0.3 is 6.03 Å². The van der Waals surface area contributed by atoms with E-state index < -0.39 is 0 Å². The summed E-state index contributed by atoms with van der Waals surface area (Å²) in [7, 11) is 0. The molecule has 3 heterocycles. The second-order valence-electron chi connectivity index (χ2n) is 13.5. The third kappa shape index (κ3) is 7.23. The minimum atomic E-state index is -0.368. The molecule has 0 bridgehead atoms. The minimum Gasteiger partial charge on any atom is -0.488 e. The number of carbonyl (C=O) groups is 1. The highest BCUT2D eigenvalue weighted by atomic mass is 16.5. The Morgan fingerprint density at radius 2 is 1.63 bits per heavy atom. The van der Waals surface area contributed by atoms with Crippen LogP contribution in [0.3, 0.4) is 0 Å². The summed E-state index contributed by atoms with van der Waals surface area (Å²) < 4.78 is 8.10. The molecule has 0 unspecified atom stereocenters. The number of rotatable bonds is 8. The normalized spacial score (nSPS) is 12.7. The molecule has 0 saturated carbocycles. The van der Waals surface area contributed by atoms with Gasteiger partial charge in [0.2, 0.25) is 0 Å². The fraction of sp³-hybridized carbons (Fsp3) is 0.256. The number of ether oxygens (including phenoxy) is 1. The number of anilines is 4. The van der Waals surface area contributed by atoms with Crippen molar-refractivity contribution >= 4 is 39.9 Å². The molecule has 248 valence electrons. The average Bonchev–Trinajstić information content (AvgIpc) is 3.53. The van der Waals surface area contributed by atoms with E-state index in [2.05, 4.69) is 46.7 Å². The summed E-state index contributed by atoms with van der Waals surface area (Å²) in [5.41, 5.74) is 6.49. The molecule has 1 aliphatic carbocycles. The molecule has 0 spiro atoms. The fourth-order valence-corrected chi connectivity index (χ4v) is 5.93. The first-order chi connectivity index (χ1) is 23.7. The minimum absolute atomic E-state index is 0.195. The maximum Gasteiger partial charge on any atom is 0.324 e. The van der Waals surface area contributed by atoms with E-state index in [1.54, 1.807) is 17.1 Å². The van der Waals surface area contributed by atoms with E-state index >= 15 is 0 Å². The number of pyridine rings is 1.